The van der Waals surface area contributed by atoms with Gasteiger partial charge in [0, 0.05) is 23.7 Å². The number of nitrogens with one attached hydrogen (secondary N) is 1. The number of carbonyl (C=O) groups is 2. The van der Waals surface area contributed by atoms with Crippen LogP contribution in [0.1, 0.15) is 12.0 Å². The molecule has 0 aromatic heterocycles. The van der Waals surface area contributed by atoms with Gasteiger partial charge in [0.1, 0.15) is 5.82 Å². The predicted molar refractivity (Wildman–Crippen MR) is 91.7 cm³/mol. The average Bonchev–Trinajstić information content (AvgIpc) is 2.94. The van der Waals surface area contributed by atoms with Gasteiger partial charge in [-0.1, -0.05) is 17.7 Å². The Kier molecular flexibility index (Phi) is 4.53. The summed E-state index contributed by atoms with van der Waals surface area (Å²) < 4.78 is 13.8. The molecule has 1 N–H and O–H groups in total. The zero-order valence-electron chi connectivity index (χ0n) is 13.1. The van der Waals surface area contributed by atoms with E-state index in [9.17, 15) is 14.0 Å². The van der Waals surface area contributed by atoms with Gasteiger partial charge in [0.15, 0.2) is 0 Å². The summed E-state index contributed by atoms with van der Waals surface area (Å²) in [5, 5.41) is 3.16. The van der Waals surface area contributed by atoms with Crippen LogP contribution in [0.25, 0.3) is 0 Å². The molecule has 1 aliphatic rings. The van der Waals surface area contributed by atoms with Crippen LogP contribution >= 0.6 is 11.6 Å². The first kappa shape index (κ1) is 16.5. The summed E-state index contributed by atoms with van der Waals surface area (Å²) in [6, 6.07) is 11.4. The maximum Gasteiger partial charge on any atom is 0.229 e. The molecule has 1 saturated heterocycles. The van der Waals surface area contributed by atoms with E-state index in [1.807, 2.05) is 6.92 Å². The van der Waals surface area contributed by atoms with Gasteiger partial charge in [-0.25, -0.2) is 4.39 Å². The first-order chi connectivity index (χ1) is 11.4. The standard InChI is InChI=1S/C18H16ClFN2O2/c1-11-2-7-15(20)16(8-11)21-18(24)12-9-17(23)22(10-12)14-5-3-13(19)4-6-14/h2-8,12H,9-10H2,1H3,(H,21,24). The molecule has 1 atom stereocenters. The van der Waals surface area contributed by atoms with E-state index in [4.69, 9.17) is 11.6 Å². The topological polar surface area (TPSA) is 49.4 Å². The number of amides is 2. The van der Waals surface area contributed by atoms with Crippen molar-refractivity contribution in [2.75, 3.05) is 16.8 Å². The van der Waals surface area contributed by atoms with Crippen LogP contribution in [0.4, 0.5) is 15.8 Å². The quantitative estimate of drug-likeness (QED) is 0.919. The van der Waals surface area contributed by atoms with Gasteiger partial charge >= 0.3 is 0 Å². The summed E-state index contributed by atoms with van der Waals surface area (Å²) in [5.74, 6) is -1.51. The van der Waals surface area contributed by atoms with Crippen LogP contribution < -0.4 is 10.2 Å². The van der Waals surface area contributed by atoms with E-state index in [1.165, 1.54) is 6.07 Å². The Labute approximate surface area is 144 Å². The third-order valence-corrected chi connectivity index (χ3v) is 4.27. The second-order valence-corrected chi connectivity index (χ2v) is 6.29. The normalized spacial score (nSPS) is 17.2. The molecule has 2 aromatic rings. The number of halogens is 2. The number of benzene rings is 2. The molecule has 0 spiro atoms. The lowest BCUT2D eigenvalue weighted by Gasteiger charge is -2.17. The van der Waals surface area contributed by atoms with Crippen molar-refractivity contribution < 1.29 is 14.0 Å². The highest BCUT2D eigenvalue weighted by atomic mass is 35.5. The highest BCUT2D eigenvalue weighted by Gasteiger charge is 2.35. The lowest BCUT2D eigenvalue weighted by atomic mass is 10.1. The summed E-state index contributed by atoms with van der Waals surface area (Å²) in [6.45, 7) is 2.08. The van der Waals surface area contributed by atoms with E-state index in [0.717, 1.165) is 5.56 Å². The van der Waals surface area contributed by atoms with Crippen molar-refractivity contribution in [3.63, 3.8) is 0 Å². The zero-order valence-corrected chi connectivity index (χ0v) is 13.8. The molecule has 2 aromatic carbocycles. The Balaban J connectivity index is 1.72. The van der Waals surface area contributed by atoms with Gasteiger partial charge in [0.05, 0.1) is 11.6 Å². The molecule has 0 aliphatic carbocycles. The molecule has 6 heteroatoms. The van der Waals surface area contributed by atoms with E-state index >= 15 is 0 Å². The van der Waals surface area contributed by atoms with Gasteiger partial charge in [0.25, 0.3) is 0 Å². The first-order valence-electron chi connectivity index (χ1n) is 7.57. The Bertz CT molecular complexity index is 792. The van der Waals surface area contributed by atoms with Gasteiger partial charge in [-0.15, -0.1) is 0 Å². The molecule has 2 amide bonds. The van der Waals surface area contributed by atoms with Crippen molar-refractivity contribution in [2.45, 2.75) is 13.3 Å². The molecule has 0 saturated carbocycles. The Morgan fingerprint density at radius 3 is 2.67 bits per heavy atom. The SMILES string of the molecule is Cc1ccc(F)c(NC(=O)C2CC(=O)N(c3ccc(Cl)cc3)C2)c1. The monoisotopic (exact) mass is 346 g/mol. The molecule has 24 heavy (non-hydrogen) atoms. The van der Waals surface area contributed by atoms with Crippen molar-refractivity contribution in [3.8, 4) is 0 Å². The summed E-state index contributed by atoms with van der Waals surface area (Å²) in [5.41, 5.74) is 1.68. The lowest BCUT2D eigenvalue weighted by Crippen LogP contribution is -2.28. The van der Waals surface area contributed by atoms with Crippen molar-refractivity contribution in [2.24, 2.45) is 5.92 Å². The fourth-order valence-electron chi connectivity index (χ4n) is 2.72. The Hall–Kier alpha value is -2.40. The number of anilines is 2. The van der Waals surface area contributed by atoms with E-state index in [-0.39, 0.29) is 30.5 Å². The maximum atomic E-state index is 13.8. The highest BCUT2D eigenvalue weighted by molar-refractivity contribution is 6.30. The van der Waals surface area contributed by atoms with Crippen LogP contribution in [0.3, 0.4) is 0 Å². The molecular weight excluding hydrogens is 331 g/mol. The largest absolute Gasteiger partial charge is 0.323 e. The van der Waals surface area contributed by atoms with Crippen LogP contribution in [0.2, 0.25) is 5.02 Å². The van der Waals surface area contributed by atoms with Crippen LogP contribution in [-0.2, 0) is 9.59 Å². The Morgan fingerprint density at radius 2 is 1.96 bits per heavy atom. The minimum Gasteiger partial charge on any atom is -0.323 e. The first-order valence-corrected chi connectivity index (χ1v) is 7.95. The minimum atomic E-state index is -0.520. The molecule has 1 aliphatic heterocycles. The summed E-state index contributed by atoms with van der Waals surface area (Å²) in [7, 11) is 0. The van der Waals surface area contributed by atoms with Crippen LogP contribution in [0, 0.1) is 18.7 Å². The minimum absolute atomic E-state index is 0.0991. The molecule has 1 heterocycles. The summed E-state index contributed by atoms with van der Waals surface area (Å²) >= 11 is 5.85. The number of hydrogen-bond donors (Lipinski definition) is 1. The molecule has 3 rings (SSSR count). The number of nitrogens with zero attached hydrogens (tertiary/aromatic N) is 1. The zero-order chi connectivity index (χ0) is 17.3. The van der Waals surface area contributed by atoms with E-state index < -0.39 is 11.7 Å². The maximum absolute atomic E-state index is 13.8. The van der Waals surface area contributed by atoms with Crippen molar-refractivity contribution in [1.29, 1.82) is 0 Å². The van der Waals surface area contributed by atoms with Gasteiger partial charge in [0.2, 0.25) is 11.8 Å². The number of carbonyl (C=O) groups excluding carboxylic acids is 2. The molecular formula is C18H16ClFN2O2. The second-order valence-electron chi connectivity index (χ2n) is 5.85. The molecule has 124 valence electrons. The van der Waals surface area contributed by atoms with Crippen LogP contribution in [0.15, 0.2) is 42.5 Å². The highest BCUT2D eigenvalue weighted by Crippen LogP contribution is 2.27. The molecule has 0 radical (unpaired) electrons. The predicted octanol–water partition coefficient (Wildman–Crippen LogP) is 3.78. The molecule has 1 unspecified atom stereocenters. The number of hydrogen-bond acceptors (Lipinski definition) is 2. The smallest absolute Gasteiger partial charge is 0.229 e. The van der Waals surface area contributed by atoms with E-state index in [0.29, 0.717) is 10.7 Å². The van der Waals surface area contributed by atoms with Crippen LogP contribution in [-0.4, -0.2) is 18.4 Å². The molecule has 1 fully saturated rings. The van der Waals surface area contributed by atoms with Gasteiger partial charge in [-0.2, -0.15) is 0 Å². The number of rotatable bonds is 3. The third-order valence-electron chi connectivity index (χ3n) is 4.01. The van der Waals surface area contributed by atoms with Gasteiger partial charge in [-0.3, -0.25) is 9.59 Å². The Morgan fingerprint density at radius 1 is 1.25 bits per heavy atom. The van der Waals surface area contributed by atoms with E-state index in [1.54, 1.807) is 41.3 Å². The number of aryl methyl sites for hydroxylation is 1. The average molecular weight is 347 g/mol. The van der Waals surface area contributed by atoms with Crippen molar-refractivity contribution in [3.05, 3.63) is 58.9 Å². The molecule has 0 bridgehead atoms. The lowest BCUT2D eigenvalue weighted by molar-refractivity contribution is -0.122. The third kappa shape index (κ3) is 3.41. The van der Waals surface area contributed by atoms with Gasteiger partial charge < -0.3 is 10.2 Å². The molecule has 4 nitrogen and oxygen atoms in total. The fraction of sp³-hybridized carbons (Fsp3) is 0.222. The summed E-state index contributed by atoms with van der Waals surface area (Å²) in [6.07, 6.45) is 0.0991. The fourth-order valence-corrected chi connectivity index (χ4v) is 2.85. The van der Waals surface area contributed by atoms with Crippen molar-refractivity contribution in [1.82, 2.24) is 0 Å². The van der Waals surface area contributed by atoms with Crippen LogP contribution in [0.5, 0.6) is 0 Å². The van der Waals surface area contributed by atoms with E-state index in [2.05, 4.69) is 5.32 Å². The second kappa shape index (κ2) is 6.61. The summed E-state index contributed by atoms with van der Waals surface area (Å²) in [4.78, 5) is 26.1. The van der Waals surface area contributed by atoms with Crippen molar-refractivity contribution >= 4 is 34.8 Å². The van der Waals surface area contributed by atoms with Gasteiger partial charge in [-0.05, 0) is 48.9 Å².